The molecular weight excluding hydrogens is 379 g/mol. The van der Waals surface area contributed by atoms with Gasteiger partial charge in [0.1, 0.15) is 0 Å². The number of anilines is 2. The summed E-state index contributed by atoms with van der Waals surface area (Å²) in [7, 11) is 0.368. The highest BCUT2D eigenvalue weighted by Crippen LogP contribution is 2.22. The number of hydrogen-bond donors (Lipinski definition) is 2. The molecule has 0 fully saturated rings. The van der Waals surface area contributed by atoms with E-state index in [9.17, 15) is 8.42 Å². The van der Waals surface area contributed by atoms with Crippen molar-refractivity contribution < 1.29 is 8.42 Å². The first-order valence-corrected chi connectivity index (χ1v) is 8.64. The Kier molecular flexibility index (Phi) is 8.86. The standard InChI is InChI=1S/C13H18N4O2S2.2ClH/c1-17(2)8-7-11-9-15-13(20-11)16-21(18,19)12-5-3-10(14)4-6-12;;/h3-6,9H,7-8,14H2,1-2H3,(H,15,16);2*1H. The van der Waals surface area contributed by atoms with Crippen LogP contribution in [0.25, 0.3) is 0 Å². The number of nitrogens with two attached hydrogens (primary N) is 1. The van der Waals surface area contributed by atoms with Crippen LogP contribution in [0.1, 0.15) is 4.88 Å². The zero-order valence-electron chi connectivity index (χ0n) is 12.7. The van der Waals surface area contributed by atoms with Crippen molar-refractivity contribution in [3.05, 3.63) is 35.3 Å². The molecule has 1 heterocycles. The molecule has 130 valence electrons. The Labute approximate surface area is 153 Å². The van der Waals surface area contributed by atoms with Gasteiger partial charge in [0.05, 0.1) is 4.90 Å². The fourth-order valence-electron chi connectivity index (χ4n) is 1.62. The number of nitrogens with one attached hydrogen (secondary N) is 1. The van der Waals surface area contributed by atoms with Crippen LogP contribution >= 0.6 is 36.2 Å². The lowest BCUT2D eigenvalue weighted by Crippen LogP contribution is -2.14. The highest BCUT2D eigenvalue weighted by molar-refractivity contribution is 7.93. The van der Waals surface area contributed by atoms with E-state index in [4.69, 9.17) is 5.73 Å². The van der Waals surface area contributed by atoms with Gasteiger partial charge in [-0.2, -0.15) is 0 Å². The maximum Gasteiger partial charge on any atom is 0.263 e. The fraction of sp³-hybridized carbons (Fsp3) is 0.308. The lowest BCUT2D eigenvalue weighted by molar-refractivity contribution is 0.415. The molecule has 10 heteroatoms. The van der Waals surface area contributed by atoms with Crippen LogP contribution in [0.4, 0.5) is 10.8 Å². The van der Waals surface area contributed by atoms with Crippen LogP contribution < -0.4 is 10.5 Å². The van der Waals surface area contributed by atoms with E-state index in [1.165, 1.54) is 23.5 Å². The summed E-state index contributed by atoms with van der Waals surface area (Å²) < 4.78 is 26.9. The van der Waals surface area contributed by atoms with Gasteiger partial charge in [-0.25, -0.2) is 13.4 Å². The Morgan fingerprint density at radius 3 is 2.39 bits per heavy atom. The smallest absolute Gasteiger partial charge is 0.263 e. The average Bonchev–Trinajstić information content (AvgIpc) is 2.84. The normalized spacial score (nSPS) is 10.7. The Hall–Kier alpha value is -1.06. The second-order valence-corrected chi connectivity index (χ2v) is 7.66. The van der Waals surface area contributed by atoms with Crippen LogP contribution in [0.3, 0.4) is 0 Å². The van der Waals surface area contributed by atoms with Gasteiger partial charge in [0.2, 0.25) is 0 Å². The molecule has 0 aliphatic rings. The first-order chi connectivity index (χ1) is 9.87. The number of hydrogen-bond acceptors (Lipinski definition) is 6. The molecule has 0 radical (unpaired) electrons. The van der Waals surface area contributed by atoms with Gasteiger partial charge in [0, 0.05) is 23.3 Å². The number of nitrogens with zero attached hydrogens (tertiary/aromatic N) is 2. The Morgan fingerprint density at radius 2 is 1.83 bits per heavy atom. The molecule has 0 spiro atoms. The van der Waals surface area contributed by atoms with Crippen LogP contribution in [0.5, 0.6) is 0 Å². The van der Waals surface area contributed by atoms with Crippen molar-refractivity contribution in [2.75, 3.05) is 31.1 Å². The molecule has 2 aromatic rings. The molecule has 0 atom stereocenters. The van der Waals surface area contributed by atoms with Crippen molar-refractivity contribution in [1.82, 2.24) is 9.88 Å². The van der Waals surface area contributed by atoms with Crippen molar-refractivity contribution in [3.8, 4) is 0 Å². The number of halogens is 2. The van der Waals surface area contributed by atoms with E-state index in [1.807, 2.05) is 14.1 Å². The zero-order valence-corrected chi connectivity index (χ0v) is 16.0. The molecule has 0 saturated carbocycles. The summed E-state index contributed by atoms with van der Waals surface area (Å²) in [6.07, 6.45) is 2.54. The Morgan fingerprint density at radius 1 is 1.22 bits per heavy atom. The third-order valence-electron chi connectivity index (χ3n) is 2.77. The maximum absolute atomic E-state index is 12.2. The Bertz CT molecular complexity index is 703. The van der Waals surface area contributed by atoms with E-state index in [0.29, 0.717) is 10.8 Å². The van der Waals surface area contributed by atoms with Crippen LogP contribution in [0.15, 0.2) is 35.4 Å². The van der Waals surface area contributed by atoms with Gasteiger partial charge in [0.15, 0.2) is 5.13 Å². The quantitative estimate of drug-likeness (QED) is 0.729. The Balaban J connectivity index is 0.00000242. The van der Waals surface area contributed by atoms with Crippen LogP contribution in [0.2, 0.25) is 0 Å². The van der Waals surface area contributed by atoms with Crippen molar-refractivity contribution in [2.45, 2.75) is 11.3 Å². The molecule has 2 rings (SSSR count). The van der Waals surface area contributed by atoms with Crippen LogP contribution in [0, 0.1) is 0 Å². The van der Waals surface area contributed by atoms with E-state index in [1.54, 1.807) is 18.3 Å². The van der Waals surface area contributed by atoms with Crippen molar-refractivity contribution in [2.24, 2.45) is 0 Å². The third-order valence-corrected chi connectivity index (χ3v) is 5.23. The van der Waals surface area contributed by atoms with E-state index < -0.39 is 10.0 Å². The number of nitrogen functional groups attached to an aromatic ring is 1. The molecule has 1 aromatic heterocycles. The molecular formula is C13H20Cl2N4O2S2. The van der Waals surface area contributed by atoms with Gasteiger partial charge in [-0.1, -0.05) is 0 Å². The summed E-state index contributed by atoms with van der Waals surface area (Å²) in [4.78, 5) is 7.38. The number of thiazole rings is 1. The maximum atomic E-state index is 12.2. The van der Waals surface area contributed by atoms with Gasteiger partial charge < -0.3 is 10.6 Å². The summed E-state index contributed by atoms with van der Waals surface area (Å²) in [6, 6.07) is 6.05. The number of aromatic nitrogens is 1. The molecule has 0 saturated heterocycles. The lowest BCUT2D eigenvalue weighted by Gasteiger charge is -2.07. The topological polar surface area (TPSA) is 88.3 Å². The van der Waals surface area contributed by atoms with Crippen LogP contribution in [-0.2, 0) is 16.4 Å². The highest BCUT2D eigenvalue weighted by atomic mass is 35.5. The lowest BCUT2D eigenvalue weighted by atomic mass is 10.3. The highest BCUT2D eigenvalue weighted by Gasteiger charge is 2.16. The molecule has 3 N–H and O–H groups in total. The third kappa shape index (κ3) is 6.52. The summed E-state index contributed by atoms with van der Waals surface area (Å²) >= 11 is 1.35. The molecule has 0 bridgehead atoms. The first-order valence-electron chi connectivity index (χ1n) is 6.34. The fourth-order valence-corrected chi connectivity index (χ4v) is 3.67. The summed E-state index contributed by atoms with van der Waals surface area (Å²) in [5, 5.41) is 0.376. The minimum absolute atomic E-state index is 0. The molecule has 0 unspecified atom stereocenters. The summed E-state index contributed by atoms with van der Waals surface area (Å²) in [5.41, 5.74) is 6.08. The minimum atomic E-state index is -3.62. The van der Waals surface area contributed by atoms with Gasteiger partial charge in [-0.15, -0.1) is 36.2 Å². The number of sulfonamides is 1. The minimum Gasteiger partial charge on any atom is -0.399 e. The SMILES string of the molecule is CN(C)CCc1cnc(NS(=O)(=O)c2ccc(N)cc2)s1.Cl.Cl. The molecule has 23 heavy (non-hydrogen) atoms. The van der Waals surface area contributed by atoms with Gasteiger partial charge >= 0.3 is 0 Å². The van der Waals surface area contributed by atoms with Gasteiger partial charge in [-0.05, 0) is 44.8 Å². The van der Waals surface area contributed by atoms with Crippen LogP contribution in [-0.4, -0.2) is 38.9 Å². The monoisotopic (exact) mass is 398 g/mol. The summed E-state index contributed by atoms with van der Waals surface area (Å²) in [5.74, 6) is 0. The van der Waals surface area contributed by atoms with Crippen molar-refractivity contribution in [3.63, 3.8) is 0 Å². The second kappa shape index (κ2) is 9.29. The predicted molar refractivity (Wildman–Crippen MR) is 101 cm³/mol. The van der Waals surface area contributed by atoms with Crippen molar-refractivity contribution in [1.29, 1.82) is 0 Å². The number of rotatable bonds is 6. The molecule has 0 aliphatic carbocycles. The average molecular weight is 399 g/mol. The van der Waals surface area contributed by atoms with Gasteiger partial charge in [0.25, 0.3) is 10.0 Å². The molecule has 0 amide bonds. The van der Waals surface area contributed by atoms with E-state index in [0.717, 1.165) is 17.8 Å². The van der Waals surface area contributed by atoms with Gasteiger partial charge in [-0.3, -0.25) is 4.72 Å². The number of benzene rings is 1. The molecule has 0 aliphatic heterocycles. The molecule has 1 aromatic carbocycles. The van der Waals surface area contributed by atoms with E-state index >= 15 is 0 Å². The predicted octanol–water partition coefficient (Wildman–Crippen LogP) is 2.47. The van der Waals surface area contributed by atoms with E-state index in [2.05, 4.69) is 14.6 Å². The largest absolute Gasteiger partial charge is 0.399 e. The molecule has 6 nitrogen and oxygen atoms in total. The summed E-state index contributed by atoms with van der Waals surface area (Å²) in [6.45, 7) is 0.895. The number of likely N-dealkylation sites (N-methyl/N-ethyl adjacent to an activating group) is 1. The second-order valence-electron chi connectivity index (χ2n) is 4.86. The van der Waals surface area contributed by atoms with E-state index in [-0.39, 0.29) is 29.7 Å². The van der Waals surface area contributed by atoms with Crippen molar-refractivity contribution >= 4 is 57.0 Å². The first kappa shape index (κ1) is 21.9. The zero-order chi connectivity index (χ0) is 15.5.